The molecule has 0 spiro atoms. The molecule has 1 atom stereocenters. The summed E-state index contributed by atoms with van der Waals surface area (Å²) in [6.45, 7) is 4.14. The van der Waals surface area contributed by atoms with Gasteiger partial charge in [-0.1, -0.05) is 18.2 Å². The number of hydrogen-bond acceptors (Lipinski definition) is 5. The number of fused-ring (bicyclic) bond motifs is 1. The van der Waals surface area contributed by atoms with Crippen molar-refractivity contribution < 1.29 is 29.3 Å². The Morgan fingerprint density at radius 1 is 1.24 bits per heavy atom. The van der Waals surface area contributed by atoms with E-state index in [1.54, 1.807) is 0 Å². The van der Waals surface area contributed by atoms with Gasteiger partial charge in [-0.2, -0.15) is 0 Å². The van der Waals surface area contributed by atoms with Gasteiger partial charge in [0.25, 0.3) is 0 Å². The fraction of sp³-hybridized carbons (Fsp3) is 0.286. The van der Waals surface area contributed by atoms with Crippen LogP contribution in [0.15, 0.2) is 22.6 Å². The second kappa shape index (κ2) is 6.87. The van der Waals surface area contributed by atoms with Gasteiger partial charge in [-0.15, -0.1) is 0 Å². The highest BCUT2D eigenvalue weighted by Gasteiger charge is 2.14. The Morgan fingerprint density at radius 2 is 1.81 bits per heavy atom. The second-order valence-electron chi connectivity index (χ2n) is 4.37. The fourth-order valence-corrected chi connectivity index (χ4v) is 1.77. The first-order chi connectivity index (χ1) is 9.79. The third-order valence-corrected chi connectivity index (χ3v) is 3.00. The standard InChI is InChI=1S/C12H15NO2.C2H2O4/c1-7-8(2)15-12-9(7)4-3-5-10(12)11(14)6-13;3-1(4)2(5)6/h3-5,11,14H,6,13H2,1-2H3;(H,3,4)(H,5,6). The van der Waals surface area contributed by atoms with Crippen LogP contribution in [-0.2, 0) is 9.59 Å². The monoisotopic (exact) mass is 295 g/mol. The first-order valence-electron chi connectivity index (χ1n) is 6.12. The lowest BCUT2D eigenvalue weighted by Gasteiger charge is -2.07. The molecule has 7 nitrogen and oxygen atoms in total. The molecule has 0 aliphatic carbocycles. The maximum Gasteiger partial charge on any atom is 0.414 e. The van der Waals surface area contributed by atoms with Gasteiger partial charge in [-0.25, -0.2) is 9.59 Å². The molecule has 0 bridgehead atoms. The van der Waals surface area contributed by atoms with Crippen LogP contribution >= 0.6 is 0 Å². The second-order valence-corrected chi connectivity index (χ2v) is 4.37. The largest absolute Gasteiger partial charge is 0.473 e. The summed E-state index contributed by atoms with van der Waals surface area (Å²) in [5, 5.41) is 25.6. The van der Waals surface area contributed by atoms with E-state index in [0.717, 1.165) is 27.9 Å². The lowest BCUT2D eigenvalue weighted by molar-refractivity contribution is -0.159. The predicted molar refractivity (Wildman–Crippen MR) is 75.0 cm³/mol. The summed E-state index contributed by atoms with van der Waals surface area (Å²) < 4.78 is 5.64. The van der Waals surface area contributed by atoms with Crippen molar-refractivity contribution in [3.05, 3.63) is 35.1 Å². The molecule has 0 aliphatic rings. The first-order valence-corrected chi connectivity index (χ1v) is 6.12. The molecule has 1 unspecified atom stereocenters. The van der Waals surface area contributed by atoms with Crippen molar-refractivity contribution in [2.24, 2.45) is 5.73 Å². The molecule has 2 rings (SSSR count). The van der Waals surface area contributed by atoms with Gasteiger partial charge in [-0.3, -0.25) is 0 Å². The average molecular weight is 295 g/mol. The van der Waals surface area contributed by atoms with E-state index in [1.807, 2.05) is 32.0 Å². The number of aliphatic carboxylic acids is 2. The minimum absolute atomic E-state index is 0.206. The van der Waals surface area contributed by atoms with Crippen molar-refractivity contribution in [3.8, 4) is 0 Å². The molecule has 0 aliphatic heterocycles. The predicted octanol–water partition coefficient (Wildman–Crippen LogP) is 1.20. The third kappa shape index (κ3) is 3.80. The molecule has 5 N–H and O–H groups in total. The number of nitrogens with two attached hydrogens (primary N) is 1. The van der Waals surface area contributed by atoms with Crippen LogP contribution in [0.1, 0.15) is 23.0 Å². The fourth-order valence-electron chi connectivity index (χ4n) is 1.77. The summed E-state index contributed by atoms with van der Waals surface area (Å²) in [5.74, 6) is -2.76. The van der Waals surface area contributed by atoms with E-state index in [9.17, 15) is 5.11 Å². The van der Waals surface area contributed by atoms with E-state index < -0.39 is 18.0 Å². The molecular formula is C14H17NO6. The number of benzene rings is 1. The smallest absolute Gasteiger partial charge is 0.414 e. The number of para-hydroxylation sites is 1. The number of aliphatic hydroxyl groups is 1. The highest BCUT2D eigenvalue weighted by Crippen LogP contribution is 2.30. The Balaban J connectivity index is 0.000000315. The molecule has 0 fully saturated rings. The minimum atomic E-state index is -1.82. The van der Waals surface area contributed by atoms with Gasteiger partial charge < -0.3 is 25.5 Å². The zero-order valence-corrected chi connectivity index (χ0v) is 11.7. The molecule has 1 aromatic heterocycles. The molecule has 21 heavy (non-hydrogen) atoms. The van der Waals surface area contributed by atoms with Crippen LogP contribution < -0.4 is 5.73 Å². The Morgan fingerprint density at radius 3 is 2.29 bits per heavy atom. The first kappa shape index (κ1) is 16.7. The summed E-state index contributed by atoms with van der Waals surface area (Å²) in [6, 6.07) is 5.76. The molecule has 0 amide bonds. The highest BCUT2D eigenvalue weighted by atomic mass is 16.4. The molecule has 2 aromatic rings. The van der Waals surface area contributed by atoms with Gasteiger partial charge >= 0.3 is 11.9 Å². The van der Waals surface area contributed by atoms with Crippen molar-refractivity contribution >= 4 is 22.9 Å². The number of carboxylic acids is 2. The third-order valence-electron chi connectivity index (χ3n) is 3.00. The van der Waals surface area contributed by atoms with Crippen molar-refractivity contribution in [3.63, 3.8) is 0 Å². The summed E-state index contributed by atoms with van der Waals surface area (Å²) in [7, 11) is 0. The van der Waals surface area contributed by atoms with Gasteiger partial charge in [0.2, 0.25) is 0 Å². The summed E-state index contributed by atoms with van der Waals surface area (Å²) in [5.41, 5.74) is 8.09. The normalized spacial score (nSPS) is 11.6. The summed E-state index contributed by atoms with van der Waals surface area (Å²) in [4.78, 5) is 18.2. The number of carbonyl (C=O) groups is 2. The zero-order valence-electron chi connectivity index (χ0n) is 11.7. The number of aliphatic hydroxyl groups excluding tert-OH is 1. The van der Waals surface area contributed by atoms with Crippen LogP contribution in [-0.4, -0.2) is 33.8 Å². The number of hydrogen-bond donors (Lipinski definition) is 4. The zero-order chi connectivity index (χ0) is 16.2. The molecule has 1 heterocycles. The quantitative estimate of drug-likeness (QED) is 0.611. The molecule has 7 heteroatoms. The maximum absolute atomic E-state index is 9.74. The van der Waals surface area contributed by atoms with Gasteiger partial charge in [0, 0.05) is 17.5 Å². The average Bonchev–Trinajstić information content (AvgIpc) is 2.74. The molecular weight excluding hydrogens is 278 g/mol. The van der Waals surface area contributed by atoms with Gasteiger partial charge in [0.15, 0.2) is 0 Å². The van der Waals surface area contributed by atoms with E-state index in [2.05, 4.69) is 0 Å². The minimum Gasteiger partial charge on any atom is -0.473 e. The maximum atomic E-state index is 9.74. The van der Waals surface area contributed by atoms with Crippen LogP contribution in [0.4, 0.5) is 0 Å². The van der Waals surface area contributed by atoms with E-state index in [1.165, 1.54) is 0 Å². The Bertz CT molecular complexity index is 649. The summed E-state index contributed by atoms with van der Waals surface area (Å²) >= 11 is 0. The number of furan rings is 1. The van der Waals surface area contributed by atoms with E-state index >= 15 is 0 Å². The van der Waals surface area contributed by atoms with Crippen LogP contribution in [0.5, 0.6) is 0 Å². The Labute approximate surface area is 120 Å². The van der Waals surface area contributed by atoms with E-state index in [-0.39, 0.29) is 6.54 Å². The van der Waals surface area contributed by atoms with Crippen molar-refractivity contribution in [1.82, 2.24) is 0 Å². The van der Waals surface area contributed by atoms with E-state index in [0.29, 0.717) is 0 Å². The Kier molecular flexibility index (Phi) is 5.45. The lowest BCUT2D eigenvalue weighted by Crippen LogP contribution is -2.11. The molecule has 0 saturated carbocycles. The van der Waals surface area contributed by atoms with Crippen molar-refractivity contribution in [2.75, 3.05) is 6.54 Å². The molecule has 0 radical (unpaired) electrons. The number of rotatable bonds is 2. The van der Waals surface area contributed by atoms with Crippen molar-refractivity contribution in [2.45, 2.75) is 20.0 Å². The van der Waals surface area contributed by atoms with Gasteiger partial charge in [0.05, 0.1) is 6.10 Å². The molecule has 1 aromatic carbocycles. The molecule has 114 valence electrons. The lowest BCUT2D eigenvalue weighted by atomic mass is 10.0. The Hall–Kier alpha value is -2.38. The number of aryl methyl sites for hydroxylation is 2. The van der Waals surface area contributed by atoms with Gasteiger partial charge in [0.1, 0.15) is 11.3 Å². The van der Waals surface area contributed by atoms with Crippen LogP contribution in [0.2, 0.25) is 0 Å². The van der Waals surface area contributed by atoms with Gasteiger partial charge in [-0.05, 0) is 19.4 Å². The summed E-state index contributed by atoms with van der Waals surface area (Å²) in [6.07, 6.45) is -0.654. The highest BCUT2D eigenvalue weighted by molar-refractivity contribution is 6.27. The van der Waals surface area contributed by atoms with Crippen LogP contribution in [0, 0.1) is 13.8 Å². The topological polar surface area (TPSA) is 134 Å². The van der Waals surface area contributed by atoms with E-state index in [4.69, 9.17) is 30.0 Å². The van der Waals surface area contributed by atoms with Crippen molar-refractivity contribution in [1.29, 1.82) is 0 Å². The van der Waals surface area contributed by atoms with Crippen LogP contribution in [0.3, 0.4) is 0 Å². The number of carboxylic acid groups (broad SMARTS) is 2. The van der Waals surface area contributed by atoms with Crippen LogP contribution in [0.25, 0.3) is 11.0 Å². The SMILES string of the molecule is Cc1oc2c(C(O)CN)cccc2c1C.O=C(O)C(=O)O. The molecule has 0 saturated heterocycles.